The molecular formula is C17H17F2NO2. The van der Waals surface area contributed by atoms with Gasteiger partial charge in [0, 0.05) is 23.7 Å². The summed E-state index contributed by atoms with van der Waals surface area (Å²) in [6, 6.07) is 7.02. The van der Waals surface area contributed by atoms with Crippen LogP contribution >= 0.6 is 0 Å². The summed E-state index contributed by atoms with van der Waals surface area (Å²) >= 11 is 0. The zero-order valence-corrected chi connectivity index (χ0v) is 12.2. The van der Waals surface area contributed by atoms with E-state index in [0.29, 0.717) is 35.6 Å². The van der Waals surface area contributed by atoms with Crippen LogP contribution in [0.2, 0.25) is 0 Å². The summed E-state index contributed by atoms with van der Waals surface area (Å²) in [4.78, 5) is 0. The number of halogens is 2. The molecule has 0 radical (unpaired) electrons. The maximum atomic E-state index is 13.9. The van der Waals surface area contributed by atoms with Gasteiger partial charge in [0.2, 0.25) is 0 Å². The van der Waals surface area contributed by atoms with Crippen molar-refractivity contribution in [1.82, 2.24) is 0 Å². The van der Waals surface area contributed by atoms with Crippen LogP contribution in [0.1, 0.15) is 12.0 Å². The number of nitrogens with two attached hydrogens (primary N) is 1. The van der Waals surface area contributed by atoms with Gasteiger partial charge < -0.3 is 15.2 Å². The van der Waals surface area contributed by atoms with Crippen LogP contribution in [0.3, 0.4) is 0 Å². The van der Waals surface area contributed by atoms with Crippen molar-refractivity contribution < 1.29 is 18.3 Å². The van der Waals surface area contributed by atoms with Crippen LogP contribution in [0.4, 0.5) is 8.78 Å². The van der Waals surface area contributed by atoms with E-state index in [0.717, 1.165) is 12.0 Å². The molecule has 0 bridgehead atoms. The lowest BCUT2D eigenvalue weighted by Gasteiger charge is -2.27. The lowest BCUT2D eigenvalue weighted by atomic mass is 9.95. The first-order chi connectivity index (χ1) is 10.6. The van der Waals surface area contributed by atoms with E-state index >= 15 is 0 Å². The Labute approximate surface area is 127 Å². The van der Waals surface area contributed by atoms with Crippen molar-refractivity contribution in [3.63, 3.8) is 0 Å². The Balaban J connectivity index is 2.17. The van der Waals surface area contributed by atoms with Gasteiger partial charge in [0.25, 0.3) is 0 Å². The maximum absolute atomic E-state index is 13.9. The van der Waals surface area contributed by atoms with Gasteiger partial charge in [0.15, 0.2) is 0 Å². The first-order valence-corrected chi connectivity index (χ1v) is 7.15. The number of hydrogen-bond acceptors (Lipinski definition) is 3. The lowest BCUT2D eigenvalue weighted by molar-refractivity contribution is 0.182. The van der Waals surface area contributed by atoms with Crippen molar-refractivity contribution in [2.75, 3.05) is 13.7 Å². The first kappa shape index (κ1) is 14.8. The van der Waals surface area contributed by atoms with E-state index in [1.807, 2.05) is 0 Å². The van der Waals surface area contributed by atoms with Gasteiger partial charge in [-0.3, -0.25) is 0 Å². The van der Waals surface area contributed by atoms with E-state index in [4.69, 9.17) is 15.2 Å². The Bertz CT molecular complexity index is 703. The highest BCUT2D eigenvalue weighted by molar-refractivity contribution is 5.77. The minimum Gasteiger partial charge on any atom is -0.496 e. The van der Waals surface area contributed by atoms with Crippen molar-refractivity contribution in [3.05, 3.63) is 47.5 Å². The van der Waals surface area contributed by atoms with Gasteiger partial charge in [-0.15, -0.1) is 0 Å². The molecule has 1 aliphatic heterocycles. The molecule has 0 aliphatic carbocycles. The molecule has 1 atom stereocenters. The minimum atomic E-state index is -0.411. The summed E-state index contributed by atoms with van der Waals surface area (Å²) in [6.07, 6.45) is 1.36. The molecule has 0 spiro atoms. The molecule has 116 valence electrons. The summed E-state index contributed by atoms with van der Waals surface area (Å²) in [7, 11) is 1.45. The Morgan fingerprint density at radius 3 is 2.73 bits per heavy atom. The van der Waals surface area contributed by atoms with E-state index in [9.17, 15) is 8.78 Å². The molecule has 2 aromatic carbocycles. The number of fused-ring (bicyclic) bond motifs is 1. The number of methoxy groups -OCH3 is 1. The van der Waals surface area contributed by atoms with Crippen molar-refractivity contribution in [1.29, 1.82) is 0 Å². The van der Waals surface area contributed by atoms with Gasteiger partial charge in [-0.1, -0.05) is 0 Å². The number of hydrogen-bond donors (Lipinski definition) is 1. The summed E-state index contributed by atoms with van der Waals surface area (Å²) < 4.78 is 38.5. The molecule has 3 nitrogen and oxygen atoms in total. The summed E-state index contributed by atoms with van der Waals surface area (Å²) in [5.74, 6) is 0.181. The van der Waals surface area contributed by atoms with Gasteiger partial charge in [0.1, 0.15) is 29.2 Å². The molecule has 2 aromatic rings. The molecule has 3 rings (SSSR count). The van der Waals surface area contributed by atoms with Crippen molar-refractivity contribution in [2.45, 2.75) is 18.9 Å². The SMILES string of the molecule is COc1cc(F)ccc1-c1cc(F)cc2c1O[C@@H](CN)CC2. The van der Waals surface area contributed by atoms with Crippen LogP contribution in [0.5, 0.6) is 11.5 Å². The molecule has 1 heterocycles. The minimum absolute atomic E-state index is 0.0943. The normalized spacial score (nSPS) is 16.8. The molecule has 0 saturated carbocycles. The van der Waals surface area contributed by atoms with Crippen molar-refractivity contribution in [2.24, 2.45) is 5.73 Å². The van der Waals surface area contributed by atoms with Crippen LogP contribution in [0.15, 0.2) is 30.3 Å². The van der Waals surface area contributed by atoms with Crippen LogP contribution < -0.4 is 15.2 Å². The fraction of sp³-hybridized carbons (Fsp3) is 0.294. The van der Waals surface area contributed by atoms with E-state index in [-0.39, 0.29) is 11.9 Å². The fourth-order valence-corrected chi connectivity index (χ4v) is 2.77. The highest BCUT2D eigenvalue weighted by atomic mass is 19.1. The van der Waals surface area contributed by atoms with E-state index in [2.05, 4.69) is 0 Å². The van der Waals surface area contributed by atoms with Crippen molar-refractivity contribution in [3.8, 4) is 22.6 Å². The van der Waals surface area contributed by atoms with E-state index in [1.165, 1.54) is 31.4 Å². The van der Waals surface area contributed by atoms with Gasteiger partial charge in [-0.05, 0) is 42.7 Å². The Kier molecular flexibility index (Phi) is 3.98. The van der Waals surface area contributed by atoms with Crippen LogP contribution in [-0.2, 0) is 6.42 Å². The molecule has 1 aliphatic rings. The van der Waals surface area contributed by atoms with E-state index < -0.39 is 5.82 Å². The molecule has 2 N–H and O–H groups in total. The Morgan fingerprint density at radius 1 is 1.18 bits per heavy atom. The average Bonchev–Trinajstić information content (AvgIpc) is 2.53. The third-order valence-electron chi connectivity index (χ3n) is 3.87. The van der Waals surface area contributed by atoms with E-state index in [1.54, 1.807) is 6.07 Å². The fourth-order valence-electron chi connectivity index (χ4n) is 2.77. The summed E-state index contributed by atoms with van der Waals surface area (Å²) in [6.45, 7) is 0.400. The highest BCUT2D eigenvalue weighted by Crippen LogP contribution is 2.42. The Morgan fingerprint density at radius 2 is 2.00 bits per heavy atom. The smallest absolute Gasteiger partial charge is 0.131 e. The quantitative estimate of drug-likeness (QED) is 0.946. The number of aryl methyl sites for hydroxylation is 1. The largest absolute Gasteiger partial charge is 0.496 e. The standard InChI is InChI=1S/C17H17F2NO2/c1-21-16-8-11(18)3-5-14(16)15-7-12(19)6-10-2-4-13(9-20)22-17(10)15/h3,5-8,13H,2,4,9,20H2,1H3/t13-/m1/s1. The monoisotopic (exact) mass is 305 g/mol. The third kappa shape index (κ3) is 2.64. The maximum Gasteiger partial charge on any atom is 0.131 e. The third-order valence-corrected chi connectivity index (χ3v) is 3.87. The van der Waals surface area contributed by atoms with Gasteiger partial charge in [-0.2, -0.15) is 0 Å². The second-order valence-electron chi connectivity index (χ2n) is 5.30. The molecule has 0 aromatic heterocycles. The molecule has 22 heavy (non-hydrogen) atoms. The zero-order chi connectivity index (χ0) is 15.7. The molecule has 0 fully saturated rings. The Hall–Kier alpha value is -2.14. The van der Waals surface area contributed by atoms with Gasteiger partial charge in [-0.25, -0.2) is 8.78 Å². The number of rotatable bonds is 3. The van der Waals surface area contributed by atoms with Crippen molar-refractivity contribution >= 4 is 0 Å². The predicted octanol–water partition coefficient (Wildman–Crippen LogP) is 3.29. The summed E-state index contributed by atoms with van der Waals surface area (Å²) in [5, 5.41) is 0. The number of ether oxygens (including phenoxy) is 2. The van der Waals surface area contributed by atoms with Crippen LogP contribution in [-0.4, -0.2) is 19.8 Å². The van der Waals surface area contributed by atoms with Crippen LogP contribution in [0.25, 0.3) is 11.1 Å². The molecule has 0 unspecified atom stereocenters. The molecular weight excluding hydrogens is 288 g/mol. The molecule has 0 saturated heterocycles. The first-order valence-electron chi connectivity index (χ1n) is 7.15. The second-order valence-corrected chi connectivity index (χ2v) is 5.30. The highest BCUT2D eigenvalue weighted by Gasteiger charge is 2.24. The van der Waals surface area contributed by atoms with Gasteiger partial charge >= 0.3 is 0 Å². The second kappa shape index (κ2) is 5.93. The summed E-state index contributed by atoms with van der Waals surface area (Å²) in [5.41, 5.74) is 7.63. The molecule has 5 heteroatoms. The van der Waals surface area contributed by atoms with Crippen LogP contribution in [0, 0.1) is 11.6 Å². The average molecular weight is 305 g/mol. The van der Waals surface area contributed by atoms with Gasteiger partial charge in [0.05, 0.1) is 7.11 Å². The zero-order valence-electron chi connectivity index (χ0n) is 12.2. The number of benzene rings is 2. The lowest BCUT2D eigenvalue weighted by Crippen LogP contribution is -2.30. The molecule has 0 amide bonds. The predicted molar refractivity (Wildman–Crippen MR) is 80.1 cm³/mol. The topological polar surface area (TPSA) is 44.5 Å².